The van der Waals surface area contributed by atoms with E-state index in [0.717, 1.165) is 12.1 Å². The van der Waals surface area contributed by atoms with Crippen LogP contribution in [0, 0.1) is 0 Å². The third-order valence-electron chi connectivity index (χ3n) is 2.39. The zero-order valence-corrected chi connectivity index (χ0v) is 12.0. The molecule has 0 amide bonds. The van der Waals surface area contributed by atoms with Gasteiger partial charge in [-0.3, -0.25) is 0 Å². The van der Waals surface area contributed by atoms with E-state index in [0.29, 0.717) is 16.7 Å². The number of halogens is 2. The van der Waals surface area contributed by atoms with Gasteiger partial charge in [-0.05, 0) is 32.5 Å². The third kappa shape index (κ3) is 4.47. The van der Waals surface area contributed by atoms with E-state index in [1.807, 2.05) is 39.0 Å². The molecule has 1 aromatic rings. The van der Waals surface area contributed by atoms with E-state index >= 15 is 0 Å². The molecule has 1 atom stereocenters. The first-order valence-electron chi connectivity index (χ1n) is 5.85. The highest BCUT2D eigenvalue weighted by Gasteiger charge is 2.17. The van der Waals surface area contributed by atoms with Crippen LogP contribution in [-0.4, -0.2) is 19.3 Å². The van der Waals surface area contributed by atoms with Crippen molar-refractivity contribution in [3.8, 4) is 0 Å². The summed E-state index contributed by atoms with van der Waals surface area (Å²) in [4.78, 5) is 0. The number of ether oxygens (including phenoxy) is 1. The summed E-state index contributed by atoms with van der Waals surface area (Å²) in [6, 6.07) is 5.58. The van der Waals surface area contributed by atoms with E-state index in [4.69, 9.17) is 27.9 Å². The molecule has 17 heavy (non-hydrogen) atoms. The van der Waals surface area contributed by atoms with Gasteiger partial charge in [0, 0.05) is 15.6 Å². The van der Waals surface area contributed by atoms with Crippen LogP contribution in [0.25, 0.3) is 0 Å². The van der Waals surface area contributed by atoms with Crippen molar-refractivity contribution >= 4 is 23.2 Å². The smallest absolute Gasteiger partial charge is 0.0666 e. The van der Waals surface area contributed by atoms with Crippen molar-refractivity contribution in [2.24, 2.45) is 0 Å². The van der Waals surface area contributed by atoms with Crippen LogP contribution in [0.1, 0.15) is 32.4 Å². The van der Waals surface area contributed by atoms with Crippen molar-refractivity contribution in [2.75, 3.05) is 13.2 Å². The van der Waals surface area contributed by atoms with Crippen LogP contribution in [0.5, 0.6) is 0 Å². The lowest BCUT2D eigenvalue weighted by molar-refractivity contribution is 0.0614. The molecule has 0 bridgehead atoms. The van der Waals surface area contributed by atoms with E-state index in [9.17, 15) is 0 Å². The number of likely N-dealkylation sites (N-methyl/N-ethyl adjacent to an activating group) is 1. The first kappa shape index (κ1) is 14.8. The van der Waals surface area contributed by atoms with Gasteiger partial charge in [-0.1, -0.05) is 36.2 Å². The number of rotatable bonds is 6. The maximum atomic E-state index is 6.20. The second-order valence-corrected chi connectivity index (χ2v) is 4.94. The number of hydrogen-bond donors (Lipinski definition) is 1. The van der Waals surface area contributed by atoms with Gasteiger partial charge in [0.15, 0.2) is 0 Å². The Bertz CT molecular complexity index is 335. The van der Waals surface area contributed by atoms with Crippen LogP contribution in [0.2, 0.25) is 10.0 Å². The summed E-state index contributed by atoms with van der Waals surface area (Å²) in [7, 11) is 0. The Morgan fingerprint density at radius 1 is 1.24 bits per heavy atom. The molecule has 2 nitrogen and oxygen atoms in total. The highest BCUT2D eigenvalue weighted by molar-refractivity contribution is 6.36. The predicted molar refractivity (Wildman–Crippen MR) is 74.0 cm³/mol. The molecule has 0 spiro atoms. The van der Waals surface area contributed by atoms with Gasteiger partial charge in [0.05, 0.1) is 18.8 Å². The second-order valence-electron chi connectivity index (χ2n) is 4.13. The Kier molecular flexibility index (Phi) is 6.28. The van der Waals surface area contributed by atoms with Crippen molar-refractivity contribution in [1.29, 1.82) is 0 Å². The maximum absolute atomic E-state index is 6.20. The van der Waals surface area contributed by atoms with Crippen LogP contribution in [0.3, 0.4) is 0 Å². The highest BCUT2D eigenvalue weighted by atomic mass is 35.5. The monoisotopic (exact) mass is 275 g/mol. The van der Waals surface area contributed by atoms with Gasteiger partial charge in [-0.2, -0.15) is 0 Å². The first-order valence-corrected chi connectivity index (χ1v) is 6.60. The van der Waals surface area contributed by atoms with Crippen LogP contribution in [-0.2, 0) is 4.74 Å². The topological polar surface area (TPSA) is 21.3 Å². The molecule has 4 heteroatoms. The molecule has 0 aliphatic heterocycles. The fourth-order valence-electron chi connectivity index (χ4n) is 1.62. The lowest BCUT2D eigenvalue weighted by Crippen LogP contribution is -2.27. The molecule has 0 aromatic heterocycles. The van der Waals surface area contributed by atoms with Gasteiger partial charge < -0.3 is 10.1 Å². The van der Waals surface area contributed by atoms with Gasteiger partial charge >= 0.3 is 0 Å². The summed E-state index contributed by atoms with van der Waals surface area (Å²) < 4.78 is 5.64. The average molecular weight is 276 g/mol. The normalized spacial score (nSPS) is 13.1. The molecule has 0 saturated heterocycles. The van der Waals surface area contributed by atoms with Gasteiger partial charge in [-0.15, -0.1) is 0 Å². The summed E-state index contributed by atoms with van der Waals surface area (Å²) >= 11 is 12.4. The lowest BCUT2D eigenvalue weighted by atomic mass is 10.1. The summed E-state index contributed by atoms with van der Waals surface area (Å²) in [6.07, 6.45) is 0.192. The van der Waals surface area contributed by atoms with Crippen molar-refractivity contribution in [3.63, 3.8) is 0 Å². The molecule has 0 aliphatic rings. The van der Waals surface area contributed by atoms with Crippen LogP contribution >= 0.6 is 23.2 Å². The summed E-state index contributed by atoms with van der Waals surface area (Å²) in [5.41, 5.74) is 0.915. The van der Waals surface area contributed by atoms with Gasteiger partial charge in [-0.25, -0.2) is 0 Å². The molecule has 1 aromatic carbocycles. The van der Waals surface area contributed by atoms with Crippen molar-refractivity contribution in [1.82, 2.24) is 5.32 Å². The average Bonchev–Trinajstić information content (AvgIpc) is 2.25. The fourth-order valence-corrected chi connectivity index (χ4v) is 2.28. The first-order chi connectivity index (χ1) is 8.06. The SMILES string of the molecule is CCNC(COC(C)C)c1c(Cl)cccc1Cl. The van der Waals surface area contributed by atoms with E-state index < -0.39 is 0 Å². The predicted octanol–water partition coefficient (Wildman–Crippen LogP) is 4.07. The minimum absolute atomic E-state index is 0.0311. The van der Waals surface area contributed by atoms with E-state index in [1.165, 1.54) is 0 Å². The highest BCUT2D eigenvalue weighted by Crippen LogP contribution is 2.30. The van der Waals surface area contributed by atoms with Crippen LogP contribution < -0.4 is 5.32 Å². The molecule has 0 radical (unpaired) electrons. The molecular formula is C13H19Cl2NO. The molecule has 1 rings (SSSR count). The molecule has 96 valence electrons. The lowest BCUT2D eigenvalue weighted by Gasteiger charge is -2.22. The number of benzene rings is 1. The summed E-state index contributed by atoms with van der Waals surface area (Å²) in [5, 5.41) is 4.70. The molecule has 1 N–H and O–H groups in total. The summed E-state index contributed by atoms with van der Waals surface area (Å²) in [5.74, 6) is 0. The Balaban J connectivity index is 2.88. The standard InChI is InChI=1S/C13H19Cl2NO/c1-4-16-12(8-17-9(2)3)13-10(14)6-5-7-11(13)15/h5-7,9,12,16H,4,8H2,1-3H3. The van der Waals surface area contributed by atoms with E-state index in [2.05, 4.69) is 5.32 Å². The van der Waals surface area contributed by atoms with Crippen molar-refractivity contribution in [2.45, 2.75) is 32.9 Å². The Morgan fingerprint density at radius 2 is 1.82 bits per heavy atom. The Hall–Kier alpha value is -0.280. The van der Waals surface area contributed by atoms with Gasteiger partial charge in [0.1, 0.15) is 0 Å². The number of hydrogen-bond acceptors (Lipinski definition) is 2. The van der Waals surface area contributed by atoms with Crippen LogP contribution in [0.4, 0.5) is 0 Å². The van der Waals surface area contributed by atoms with Crippen molar-refractivity contribution in [3.05, 3.63) is 33.8 Å². The minimum Gasteiger partial charge on any atom is -0.377 e. The second kappa shape index (κ2) is 7.22. The zero-order valence-electron chi connectivity index (χ0n) is 10.5. The van der Waals surface area contributed by atoms with E-state index in [1.54, 1.807) is 0 Å². The maximum Gasteiger partial charge on any atom is 0.0666 e. The molecular weight excluding hydrogens is 257 g/mol. The zero-order chi connectivity index (χ0) is 12.8. The minimum atomic E-state index is 0.0311. The van der Waals surface area contributed by atoms with Gasteiger partial charge in [0.2, 0.25) is 0 Å². The molecule has 0 heterocycles. The molecule has 0 saturated carbocycles. The Morgan fingerprint density at radius 3 is 2.29 bits per heavy atom. The van der Waals surface area contributed by atoms with Crippen molar-refractivity contribution < 1.29 is 4.74 Å². The Labute approximate surface area is 113 Å². The third-order valence-corrected chi connectivity index (χ3v) is 3.05. The number of nitrogens with one attached hydrogen (secondary N) is 1. The van der Waals surface area contributed by atoms with E-state index in [-0.39, 0.29) is 12.1 Å². The molecule has 0 aliphatic carbocycles. The summed E-state index contributed by atoms with van der Waals surface area (Å²) in [6.45, 7) is 7.48. The molecule has 0 fully saturated rings. The van der Waals surface area contributed by atoms with Gasteiger partial charge in [0.25, 0.3) is 0 Å². The largest absolute Gasteiger partial charge is 0.377 e. The fraction of sp³-hybridized carbons (Fsp3) is 0.538. The quantitative estimate of drug-likeness (QED) is 0.845. The van der Waals surface area contributed by atoms with Crippen LogP contribution in [0.15, 0.2) is 18.2 Å². The molecule has 1 unspecified atom stereocenters.